The Morgan fingerprint density at radius 3 is 2.11 bits per heavy atom. The summed E-state index contributed by atoms with van der Waals surface area (Å²) < 4.78 is 2.58. The third kappa shape index (κ3) is 1.35. The molecule has 0 aromatic heterocycles. The second-order valence-corrected chi connectivity index (χ2v) is 8.80. The van der Waals surface area contributed by atoms with E-state index in [0.717, 1.165) is 5.92 Å². The summed E-state index contributed by atoms with van der Waals surface area (Å²) in [6, 6.07) is 1.49. The van der Waals surface area contributed by atoms with E-state index < -0.39 is 8.24 Å². The second kappa shape index (κ2) is 2.10. The molecule has 0 spiro atoms. The minimum absolute atomic E-state index is 0.873. The number of nitrogens with zero attached hydrogens (tertiary/aromatic N) is 1. The van der Waals surface area contributed by atoms with Crippen LogP contribution in [-0.2, 0) is 0 Å². The zero-order chi connectivity index (χ0) is 7.07. The van der Waals surface area contributed by atoms with E-state index in [2.05, 4.69) is 31.6 Å². The molecular formula is C7H17NSi. The van der Waals surface area contributed by atoms with E-state index in [1.165, 1.54) is 12.6 Å². The van der Waals surface area contributed by atoms with Gasteiger partial charge in [-0.1, -0.05) is 20.0 Å². The molecule has 1 fully saturated rings. The van der Waals surface area contributed by atoms with Gasteiger partial charge in [-0.15, -0.1) is 0 Å². The predicted octanol–water partition coefficient (Wildman–Crippen LogP) is 1.77. The van der Waals surface area contributed by atoms with Gasteiger partial charge in [-0.05, 0) is 25.6 Å². The van der Waals surface area contributed by atoms with Crippen LogP contribution in [0.2, 0.25) is 19.1 Å². The summed E-state index contributed by atoms with van der Waals surface area (Å²) in [5.74, 6) is 0.955. The van der Waals surface area contributed by atoms with Crippen LogP contribution in [0, 0.1) is 5.92 Å². The van der Waals surface area contributed by atoms with Gasteiger partial charge in [0.05, 0.1) is 0 Å². The van der Waals surface area contributed by atoms with Gasteiger partial charge in [0.2, 0.25) is 0 Å². The molecule has 1 unspecified atom stereocenters. The van der Waals surface area contributed by atoms with Crippen molar-refractivity contribution in [3.63, 3.8) is 0 Å². The van der Waals surface area contributed by atoms with E-state index in [1.807, 2.05) is 0 Å². The lowest BCUT2D eigenvalue weighted by Crippen LogP contribution is -2.39. The average molecular weight is 143 g/mol. The van der Waals surface area contributed by atoms with Crippen LogP contribution in [-0.4, -0.2) is 26.4 Å². The molecule has 0 aromatic carbocycles. The Morgan fingerprint density at radius 1 is 1.44 bits per heavy atom. The fourth-order valence-electron chi connectivity index (χ4n) is 1.79. The maximum Gasteiger partial charge on any atom is 0.122 e. The molecule has 0 radical (unpaired) electrons. The van der Waals surface area contributed by atoms with E-state index in [0.29, 0.717) is 0 Å². The molecule has 54 valence electrons. The summed E-state index contributed by atoms with van der Waals surface area (Å²) in [4.78, 5) is 0. The summed E-state index contributed by atoms with van der Waals surface area (Å²) in [6.07, 6.45) is 0. The highest BCUT2D eigenvalue weighted by Gasteiger charge is 2.35. The van der Waals surface area contributed by atoms with Crippen molar-refractivity contribution >= 4 is 8.24 Å². The van der Waals surface area contributed by atoms with E-state index in [9.17, 15) is 0 Å². The molecule has 1 rings (SSSR count). The fourth-order valence-corrected chi connectivity index (χ4v) is 4.74. The third-order valence-corrected chi connectivity index (χ3v) is 6.41. The van der Waals surface area contributed by atoms with E-state index in [-0.39, 0.29) is 0 Å². The molecule has 0 N–H and O–H groups in total. The first kappa shape index (κ1) is 7.29. The van der Waals surface area contributed by atoms with Crippen molar-refractivity contribution < 1.29 is 0 Å². The second-order valence-electron chi connectivity index (χ2n) is 4.00. The topological polar surface area (TPSA) is 3.24 Å². The zero-order valence-corrected chi connectivity index (χ0v) is 7.94. The molecule has 1 aliphatic heterocycles. The molecule has 0 aliphatic carbocycles. The number of hydrogen-bond donors (Lipinski definition) is 0. The Bertz CT molecular complexity index is 111. The molecule has 1 atom stereocenters. The predicted molar refractivity (Wildman–Crippen MR) is 44.1 cm³/mol. The van der Waals surface area contributed by atoms with Crippen LogP contribution in [0.4, 0.5) is 0 Å². The number of rotatable bonds is 0. The summed E-state index contributed by atoms with van der Waals surface area (Å²) in [5, 5.41) is 0. The molecule has 0 aromatic rings. The lowest BCUT2D eigenvalue weighted by molar-refractivity contribution is 0.489. The Hall–Kier alpha value is 0.177. The first-order chi connectivity index (χ1) is 4.02. The average Bonchev–Trinajstić information content (AvgIpc) is 1.79. The normalized spacial score (nSPS) is 35.3. The lowest BCUT2D eigenvalue weighted by Gasteiger charge is -2.24. The Labute approximate surface area is 59.1 Å². The first-order valence-electron chi connectivity index (χ1n) is 3.73. The van der Waals surface area contributed by atoms with Crippen LogP contribution in [0.15, 0.2) is 0 Å². The van der Waals surface area contributed by atoms with Gasteiger partial charge in [0.15, 0.2) is 0 Å². The van der Waals surface area contributed by atoms with Crippen LogP contribution in [0.3, 0.4) is 0 Å². The van der Waals surface area contributed by atoms with Crippen molar-refractivity contribution in [1.82, 2.24) is 4.57 Å². The quantitative estimate of drug-likeness (QED) is 0.467. The summed E-state index contributed by atoms with van der Waals surface area (Å²) in [7, 11) is 1.40. The summed E-state index contributed by atoms with van der Waals surface area (Å²) in [6.45, 7) is 8.60. The van der Waals surface area contributed by atoms with Gasteiger partial charge in [-0.25, -0.2) is 0 Å². The van der Waals surface area contributed by atoms with Crippen LogP contribution in [0.25, 0.3) is 0 Å². The van der Waals surface area contributed by atoms with Crippen molar-refractivity contribution in [3.05, 3.63) is 0 Å². The monoisotopic (exact) mass is 143 g/mol. The molecule has 0 saturated carbocycles. The smallest absolute Gasteiger partial charge is 0.122 e. The van der Waals surface area contributed by atoms with Gasteiger partial charge in [0.1, 0.15) is 8.24 Å². The molecule has 2 heteroatoms. The molecule has 0 amide bonds. The summed E-state index contributed by atoms with van der Waals surface area (Å²) >= 11 is 0. The molecule has 1 heterocycles. The standard InChI is InChI=1S/C7H17NSi/c1-7-5-8(2)9(3,4)6-7/h7H,5-6H2,1-4H3. The van der Waals surface area contributed by atoms with Crippen molar-refractivity contribution in [2.45, 2.75) is 26.1 Å². The zero-order valence-electron chi connectivity index (χ0n) is 6.94. The molecule has 0 bridgehead atoms. The highest BCUT2D eigenvalue weighted by Crippen LogP contribution is 2.27. The minimum atomic E-state index is -0.873. The summed E-state index contributed by atoms with van der Waals surface area (Å²) in [5.41, 5.74) is 0. The van der Waals surface area contributed by atoms with Crippen molar-refractivity contribution in [2.75, 3.05) is 13.6 Å². The molecular weight excluding hydrogens is 126 g/mol. The van der Waals surface area contributed by atoms with Crippen molar-refractivity contribution in [3.8, 4) is 0 Å². The van der Waals surface area contributed by atoms with E-state index >= 15 is 0 Å². The van der Waals surface area contributed by atoms with Crippen LogP contribution < -0.4 is 0 Å². The van der Waals surface area contributed by atoms with Crippen LogP contribution in [0.1, 0.15) is 6.92 Å². The van der Waals surface area contributed by atoms with Crippen LogP contribution in [0.5, 0.6) is 0 Å². The van der Waals surface area contributed by atoms with Crippen molar-refractivity contribution in [2.24, 2.45) is 5.92 Å². The largest absolute Gasteiger partial charge is 0.326 e. The van der Waals surface area contributed by atoms with Gasteiger partial charge in [0.25, 0.3) is 0 Å². The SMILES string of the molecule is CC1CN(C)[Si](C)(C)C1. The van der Waals surface area contributed by atoms with Gasteiger partial charge >= 0.3 is 0 Å². The Kier molecular flexibility index (Phi) is 1.70. The molecule has 1 saturated heterocycles. The van der Waals surface area contributed by atoms with Crippen LogP contribution >= 0.6 is 0 Å². The van der Waals surface area contributed by atoms with Gasteiger partial charge in [-0.3, -0.25) is 0 Å². The molecule has 1 aliphatic rings. The highest BCUT2D eigenvalue weighted by molar-refractivity contribution is 6.75. The molecule has 9 heavy (non-hydrogen) atoms. The highest BCUT2D eigenvalue weighted by atomic mass is 28.3. The van der Waals surface area contributed by atoms with E-state index in [4.69, 9.17) is 0 Å². The maximum absolute atomic E-state index is 2.58. The fraction of sp³-hybridized carbons (Fsp3) is 1.00. The van der Waals surface area contributed by atoms with Gasteiger partial charge in [0, 0.05) is 0 Å². The maximum atomic E-state index is 2.58. The molecule has 1 nitrogen and oxygen atoms in total. The third-order valence-electron chi connectivity index (χ3n) is 2.47. The minimum Gasteiger partial charge on any atom is -0.326 e. The number of hydrogen-bond acceptors (Lipinski definition) is 1. The first-order valence-corrected chi connectivity index (χ1v) is 6.89. The van der Waals surface area contributed by atoms with Crippen molar-refractivity contribution in [1.29, 1.82) is 0 Å². The van der Waals surface area contributed by atoms with Gasteiger partial charge < -0.3 is 4.57 Å². The Balaban J connectivity index is 2.58. The van der Waals surface area contributed by atoms with Gasteiger partial charge in [-0.2, -0.15) is 0 Å². The Morgan fingerprint density at radius 2 is 2.00 bits per heavy atom. The van der Waals surface area contributed by atoms with E-state index in [1.54, 1.807) is 0 Å². The lowest BCUT2D eigenvalue weighted by atomic mass is 10.2.